The quantitative estimate of drug-likeness (QED) is 0.905. The van der Waals surface area contributed by atoms with Gasteiger partial charge in [-0.05, 0) is 37.5 Å². The molecule has 0 spiro atoms. The Morgan fingerprint density at radius 3 is 2.94 bits per heavy atom. The van der Waals surface area contributed by atoms with E-state index in [1.165, 1.54) is 0 Å². The van der Waals surface area contributed by atoms with E-state index >= 15 is 0 Å². The molecule has 1 atom stereocenters. The van der Waals surface area contributed by atoms with E-state index in [1.807, 2.05) is 11.0 Å². The van der Waals surface area contributed by atoms with E-state index in [9.17, 15) is 4.79 Å². The van der Waals surface area contributed by atoms with E-state index < -0.39 is 0 Å². The van der Waals surface area contributed by atoms with Gasteiger partial charge in [-0.25, -0.2) is 0 Å². The molecule has 3 nitrogen and oxygen atoms in total. The van der Waals surface area contributed by atoms with Crippen molar-refractivity contribution in [3.63, 3.8) is 0 Å². The number of hydrogen-bond donors (Lipinski definition) is 1. The fraction of sp³-hybridized carbons (Fsp3) is 0.462. The molecule has 0 aliphatic carbocycles. The van der Waals surface area contributed by atoms with Crippen molar-refractivity contribution in [2.24, 2.45) is 5.73 Å². The summed E-state index contributed by atoms with van der Waals surface area (Å²) in [4.78, 5) is 14.3. The molecule has 1 aliphatic heterocycles. The molecule has 1 fully saturated rings. The molecule has 1 unspecified atom stereocenters. The maximum Gasteiger partial charge on any atom is 0.255 e. The van der Waals surface area contributed by atoms with Crippen LogP contribution in [0.3, 0.4) is 0 Å². The number of nitrogens with two attached hydrogens (primary N) is 1. The number of halogens is 2. The van der Waals surface area contributed by atoms with Gasteiger partial charge in [0.2, 0.25) is 0 Å². The number of carbonyl (C=O) groups is 1. The van der Waals surface area contributed by atoms with Crippen molar-refractivity contribution < 1.29 is 4.79 Å². The van der Waals surface area contributed by atoms with Crippen LogP contribution >= 0.6 is 27.5 Å². The van der Waals surface area contributed by atoms with Crippen LogP contribution in [0.25, 0.3) is 0 Å². The van der Waals surface area contributed by atoms with Crippen LogP contribution in [0, 0.1) is 0 Å². The molecule has 5 heteroatoms. The van der Waals surface area contributed by atoms with Crippen molar-refractivity contribution in [3.8, 4) is 0 Å². The van der Waals surface area contributed by atoms with Crippen molar-refractivity contribution in [3.05, 3.63) is 33.3 Å². The summed E-state index contributed by atoms with van der Waals surface area (Å²) in [5.41, 5.74) is 6.29. The summed E-state index contributed by atoms with van der Waals surface area (Å²) < 4.78 is 0.873. The van der Waals surface area contributed by atoms with Crippen LogP contribution in [0.15, 0.2) is 22.7 Å². The van der Waals surface area contributed by atoms with E-state index in [-0.39, 0.29) is 11.9 Å². The molecule has 18 heavy (non-hydrogen) atoms. The first kappa shape index (κ1) is 13.8. The summed E-state index contributed by atoms with van der Waals surface area (Å²) >= 11 is 9.46. The number of nitrogens with zero attached hydrogens (tertiary/aromatic N) is 1. The van der Waals surface area contributed by atoms with Crippen LogP contribution in [0.5, 0.6) is 0 Å². The molecule has 1 heterocycles. The maximum absolute atomic E-state index is 12.5. The monoisotopic (exact) mass is 330 g/mol. The molecule has 0 aromatic heterocycles. The molecule has 1 aromatic rings. The Labute approximate surface area is 120 Å². The highest BCUT2D eigenvalue weighted by molar-refractivity contribution is 9.10. The number of carbonyl (C=O) groups excluding carboxylic acids is 1. The van der Waals surface area contributed by atoms with Gasteiger partial charge in [0.1, 0.15) is 0 Å². The third-order valence-corrected chi connectivity index (χ3v) is 4.13. The Morgan fingerprint density at radius 2 is 2.28 bits per heavy atom. The highest BCUT2D eigenvalue weighted by atomic mass is 79.9. The van der Waals surface area contributed by atoms with Gasteiger partial charge >= 0.3 is 0 Å². The largest absolute Gasteiger partial charge is 0.334 e. The van der Waals surface area contributed by atoms with Gasteiger partial charge in [0.25, 0.3) is 5.91 Å². The summed E-state index contributed by atoms with van der Waals surface area (Å²) in [6.07, 6.45) is 3.16. The predicted molar refractivity (Wildman–Crippen MR) is 76.9 cm³/mol. The minimum atomic E-state index is -0.0114. The number of rotatable bonds is 2. The zero-order valence-electron chi connectivity index (χ0n) is 10.0. The SMILES string of the molecule is NCC1CCCCN1C(=O)c1ccc(Br)cc1Cl. The van der Waals surface area contributed by atoms with E-state index in [0.717, 1.165) is 30.3 Å². The van der Waals surface area contributed by atoms with Gasteiger partial charge in [-0.3, -0.25) is 4.79 Å². The average Bonchev–Trinajstić information content (AvgIpc) is 2.38. The van der Waals surface area contributed by atoms with Crippen LogP contribution < -0.4 is 5.73 Å². The van der Waals surface area contributed by atoms with Crippen LogP contribution in [-0.2, 0) is 0 Å². The van der Waals surface area contributed by atoms with Crippen molar-refractivity contribution in [2.45, 2.75) is 25.3 Å². The first-order chi connectivity index (χ1) is 8.63. The van der Waals surface area contributed by atoms with Gasteiger partial charge in [0.05, 0.1) is 10.6 Å². The molecule has 2 N–H and O–H groups in total. The molecule has 1 amide bonds. The topological polar surface area (TPSA) is 46.3 Å². The molecule has 1 aromatic carbocycles. The van der Waals surface area contributed by atoms with Gasteiger partial charge < -0.3 is 10.6 Å². The fourth-order valence-corrected chi connectivity index (χ4v) is 3.08. The van der Waals surface area contributed by atoms with Gasteiger partial charge in [-0.2, -0.15) is 0 Å². The van der Waals surface area contributed by atoms with Crippen LogP contribution in [0.4, 0.5) is 0 Å². The Morgan fingerprint density at radius 1 is 1.50 bits per heavy atom. The Balaban J connectivity index is 2.24. The number of amides is 1. The lowest BCUT2D eigenvalue weighted by Gasteiger charge is -2.35. The zero-order valence-corrected chi connectivity index (χ0v) is 12.4. The van der Waals surface area contributed by atoms with E-state index in [1.54, 1.807) is 12.1 Å². The third kappa shape index (κ3) is 2.87. The van der Waals surface area contributed by atoms with E-state index in [2.05, 4.69) is 15.9 Å². The molecule has 0 bridgehead atoms. The van der Waals surface area contributed by atoms with Gasteiger partial charge in [-0.15, -0.1) is 0 Å². The minimum absolute atomic E-state index is 0.0114. The molecular formula is C13H16BrClN2O. The Kier molecular flexibility index (Phi) is 4.65. The standard InChI is InChI=1S/C13H16BrClN2O/c14-9-4-5-11(12(15)7-9)13(18)17-6-2-1-3-10(17)8-16/h4-5,7,10H,1-3,6,8,16H2. The number of piperidine rings is 1. The molecular weight excluding hydrogens is 316 g/mol. The number of hydrogen-bond acceptors (Lipinski definition) is 2. The second-order valence-corrected chi connectivity index (χ2v) is 5.83. The van der Waals surface area contributed by atoms with Crippen LogP contribution in [-0.4, -0.2) is 29.9 Å². The first-order valence-corrected chi connectivity index (χ1v) is 7.26. The molecule has 0 radical (unpaired) electrons. The zero-order chi connectivity index (χ0) is 13.1. The average molecular weight is 332 g/mol. The first-order valence-electron chi connectivity index (χ1n) is 6.09. The van der Waals surface area contributed by atoms with E-state index in [4.69, 9.17) is 17.3 Å². The highest BCUT2D eigenvalue weighted by Crippen LogP contribution is 2.25. The molecule has 1 aliphatic rings. The summed E-state index contributed by atoms with van der Waals surface area (Å²) in [6, 6.07) is 5.49. The van der Waals surface area contributed by atoms with E-state index in [0.29, 0.717) is 17.1 Å². The predicted octanol–water partition coefficient (Wildman–Crippen LogP) is 3.06. The second-order valence-electron chi connectivity index (χ2n) is 4.51. The summed E-state index contributed by atoms with van der Waals surface area (Å²) in [6.45, 7) is 1.28. The lowest BCUT2D eigenvalue weighted by atomic mass is 10.0. The normalized spacial score (nSPS) is 19.9. The molecule has 98 valence electrons. The smallest absolute Gasteiger partial charge is 0.255 e. The lowest BCUT2D eigenvalue weighted by Crippen LogP contribution is -2.47. The Hall–Kier alpha value is -0.580. The third-order valence-electron chi connectivity index (χ3n) is 3.32. The van der Waals surface area contributed by atoms with Crippen molar-refractivity contribution in [2.75, 3.05) is 13.1 Å². The number of likely N-dealkylation sites (tertiary alicyclic amines) is 1. The van der Waals surface area contributed by atoms with Crippen molar-refractivity contribution in [1.29, 1.82) is 0 Å². The maximum atomic E-state index is 12.5. The molecule has 2 rings (SSSR count). The van der Waals surface area contributed by atoms with Gasteiger partial charge in [0, 0.05) is 23.6 Å². The summed E-state index contributed by atoms with van der Waals surface area (Å²) in [5, 5.41) is 0.482. The summed E-state index contributed by atoms with van der Waals surface area (Å²) in [5.74, 6) is -0.0114. The molecule has 1 saturated heterocycles. The van der Waals surface area contributed by atoms with Crippen LogP contribution in [0.1, 0.15) is 29.6 Å². The Bertz CT molecular complexity index is 453. The van der Waals surface area contributed by atoms with Crippen molar-refractivity contribution in [1.82, 2.24) is 4.90 Å². The van der Waals surface area contributed by atoms with Gasteiger partial charge in [-0.1, -0.05) is 27.5 Å². The van der Waals surface area contributed by atoms with Crippen LogP contribution in [0.2, 0.25) is 5.02 Å². The molecule has 0 saturated carbocycles. The number of benzene rings is 1. The lowest BCUT2D eigenvalue weighted by molar-refractivity contribution is 0.0623. The fourth-order valence-electron chi connectivity index (χ4n) is 2.33. The highest BCUT2D eigenvalue weighted by Gasteiger charge is 2.27. The minimum Gasteiger partial charge on any atom is -0.334 e. The second kappa shape index (κ2) is 6.04. The summed E-state index contributed by atoms with van der Waals surface area (Å²) in [7, 11) is 0. The van der Waals surface area contributed by atoms with Gasteiger partial charge in [0.15, 0.2) is 0 Å². The van der Waals surface area contributed by atoms with Crippen molar-refractivity contribution >= 4 is 33.4 Å².